The van der Waals surface area contributed by atoms with E-state index in [1.165, 1.54) is 0 Å². The Morgan fingerprint density at radius 1 is 1.41 bits per heavy atom. The molecule has 0 saturated carbocycles. The highest BCUT2D eigenvalue weighted by Crippen LogP contribution is 2.12. The van der Waals surface area contributed by atoms with Gasteiger partial charge in [0.05, 0.1) is 12.0 Å². The van der Waals surface area contributed by atoms with Crippen LogP contribution in [-0.2, 0) is 5.75 Å². The number of nitrogens with one attached hydrogen (secondary N) is 2. The third-order valence-electron chi connectivity index (χ3n) is 3.13. The quantitative estimate of drug-likeness (QED) is 0.765. The summed E-state index contributed by atoms with van der Waals surface area (Å²) in [5.41, 5.74) is 2.58. The number of nitrogens with zero attached hydrogens (tertiary/aromatic N) is 3. The van der Waals surface area contributed by atoms with Crippen LogP contribution in [0.4, 0.5) is 0 Å². The van der Waals surface area contributed by atoms with Gasteiger partial charge in [-0.25, -0.2) is 15.0 Å². The normalized spacial score (nSPS) is 10.9. The van der Waals surface area contributed by atoms with Crippen LogP contribution in [-0.4, -0.2) is 38.1 Å². The van der Waals surface area contributed by atoms with Gasteiger partial charge in [-0.05, 0) is 13.0 Å². The van der Waals surface area contributed by atoms with Crippen LogP contribution in [0.15, 0.2) is 18.6 Å². The van der Waals surface area contributed by atoms with Gasteiger partial charge in [0.15, 0.2) is 0 Å². The number of aryl methyl sites for hydroxylation is 1. The first-order valence-electron chi connectivity index (χ1n) is 7.25. The van der Waals surface area contributed by atoms with E-state index in [1.54, 1.807) is 30.4 Å². The number of hydrogen-bond donors (Lipinski definition) is 2. The zero-order valence-corrected chi connectivity index (χ0v) is 13.9. The van der Waals surface area contributed by atoms with E-state index in [1.807, 2.05) is 20.8 Å². The highest BCUT2D eigenvalue weighted by Gasteiger charge is 2.10. The maximum atomic E-state index is 12.0. The maximum Gasteiger partial charge on any atom is 0.270 e. The Morgan fingerprint density at radius 3 is 2.91 bits per heavy atom. The number of carbonyl (C=O) groups excluding carboxylic acids is 1. The first kappa shape index (κ1) is 16.5. The van der Waals surface area contributed by atoms with Gasteiger partial charge in [-0.15, -0.1) is 0 Å². The molecule has 6 nitrogen and oxygen atoms in total. The van der Waals surface area contributed by atoms with Crippen molar-refractivity contribution >= 4 is 17.7 Å². The Bertz CT molecular complexity index is 626. The monoisotopic (exact) mass is 319 g/mol. The van der Waals surface area contributed by atoms with Crippen molar-refractivity contribution in [3.05, 3.63) is 41.5 Å². The average molecular weight is 319 g/mol. The van der Waals surface area contributed by atoms with Gasteiger partial charge in [-0.3, -0.25) is 4.79 Å². The summed E-state index contributed by atoms with van der Waals surface area (Å²) < 4.78 is 0. The fraction of sp³-hybridized carbons (Fsp3) is 0.467. The van der Waals surface area contributed by atoms with Gasteiger partial charge in [-0.1, -0.05) is 13.8 Å². The molecule has 2 N–H and O–H groups in total. The Balaban J connectivity index is 1.74. The van der Waals surface area contributed by atoms with E-state index in [-0.39, 0.29) is 11.8 Å². The van der Waals surface area contributed by atoms with E-state index < -0.39 is 0 Å². The minimum Gasteiger partial charge on any atom is -0.350 e. The number of thioether (sulfide) groups is 1. The molecular formula is C15H21N5OS. The Hall–Kier alpha value is -1.89. The molecule has 2 heterocycles. The lowest BCUT2D eigenvalue weighted by Crippen LogP contribution is -2.27. The minimum absolute atomic E-state index is 0.152. The van der Waals surface area contributed by atoms with Crippen molar-refractivity contribution in [2.45, 2.75) is 32.4 Å². The van der Waals surface area contributed by atoms with Crippen molar-refractivity contribution in [2.24, 2.45) is 0 Å². The molecule has 0 aliphatic heterocycles. The first-order chi connectivity index (χ1) is 10.6. The lowest BCUT2D eigenvalue weighted by molar-refractivity contribution is 0.0950. The second kappa shape index (κ2) is 7.93. The van der Waals surface area contributed by atoms with Crippen LogP contribution in [0, 0.1) is 6.92 Å². The van der Waals surface area contributed by atoms with Gasteiger partial charge in [0.1, 0.15) is 11.5 Å². The molecule has 0 saturated heterocycles. The molecule has 0 spiro atoms. The van der Waals surface area contributed by atoms with Crippen LogP contribution in [0.3, 0.4) is 0 Å². The van der Waals surface area contributed by atoms with E-state index in [9.17, 15) is 4.79 Å². The summed E-state index contributed by atoms with van der Waals surface area (Å²) in [6.07, 6.45) is 3.33. The maximum absolute atomic E-state index is 12.0. The van der Waals surface area contributed by atoms with E-state index >= 15 is 0 Å². The summed E-state index contributed by atoms with van der Waals surface area (Å²) >= 11 is 1.74. The van der Waals surface area contributed by atoms with Crippen molar-refractivity contribution in [1.29, 1.82) is 0 Å². The fourth-order valence-electron chi connectivity index (χ4n) is 1.81. The molecule has 0 aliphatic rings. The number of aromatic nitrogens is 4. The van der Waals surface area contributed by atoms with Gasteiger partial charge in [0.25, 0.3) is 5.91 Å². The summed E-state index contributed by atoms with van der Waals surface area (Å²) in [5, 5.41) is 2.88. The molecule has 118 valence electrons. The van der Waals surface area contributed by atoms with Crippen LogP contribution in [0.25, 0.3) is 0 Å². The largest absolute Gasteiger partial charge is 0.350 e. The van der Waals surface area contributed by atoms with Crippen LogP contribution in [0.2, 0.25) is 0 Å². The molecular weight excluding hydrogens is 298 g/mol. The highest BCUT2D eigenvalue weighted by atomic mass is 32.2. The molecule has 2 rings (SSSR count). The van der Waals surface area contributed by atoms with E-state index in [2.05, 4.69) is 25.3 Å². The number of H-pyrrole nitrogens is 1. The predicted molar refractivity (Wildman–Crippen MR) is 87.9 cm³/mol. The number of aromatic amines is 1. The van der Waals surface area contributed by atoms with Crippen LogP contribution in [0.5, 0.6) is 0 Å². The van der Waals surface area contributed by atoms with Gasteiger partial charge < -0.3 is 10.3 Å². The molecule has 2 aromatic rings. The summed E-state index contributed by atoms with van der Waals surface area (Å²) in [4.78, 5) is 27.8. The van der Waals surface area contributed by atoms with Crippen molar-refractivity contribution in [3.63, 3.8) is 0 Å². The van der Waals surface area contributed by atoms with Crippen molar-refractivity contribution in [2.75, 3.05) is 12.3 Å². The molecule has 0 bridgehead atoms. The van der Waals surface area contributed by atoms with Crippen molar-refractivity contribution in [3.8, 4) is 0 Å². The Kier molecular flexibility index (Phi) is 5.94. The molecule has 0 radical (unpaired) electrons. The van der Waals surface area contributed by atoms with E-state index in [4.69, 9.17) is 0 Å². The van der Waals surface area contributed by atoms with Gasteiger partial charge in [0, 0.05) is 35.9 Å². The predicted octanol–water partition coefficient (Wildman–Crippen LogP) is 2.29. The van der Waals surface area contributed by atoms with Crippen LogP contribution >= 0.6 is 11.8 Å². The number of hydrogen-bond acceptors (Lipinski definition) is 5. The van der Waals surface area contributed by atoms with Crippen molar-refractivity contribution in [1.82, 2.24) is 25.3 Å². The lowest BCUT2D eigenvalue weighted by atomic mass is 10.2. The lowest BCUT2D eigenvalue weighted by Gasteiger charge is -2.07. The number of rotatable bonds is 7. The first-order valence-corrected chi connectivity index (χ1v) is 8.41. The molecule has 0 aromatic carbocycles. The SMILES string of the molecule is Cc1[nH]cnc1CSCCNC(=O)c1ccnc(C(C)C)n1. The summed E-state index contributed by atoms with van der Waals surface area (Å²) in [6.45, 7) is 6.62. The number of imidazole rings is 1. The molecule has 0 unspecified atom stereocenters. The summed E-state index contributed by atoms with van der Waals surface area (Å²) in [7, 11) is 0. The molecule has 0 aliphatic carbocycles. The molecule has 0 fully saturated rings. The third-order valence-corrected chi connectivity index (χ3v) is 4.10. The number of amides is 1. The summed E-state index contributed by atoms with van der Waals surface area (Å²) in [6, 6.07) is 1.64. The second-order valence-corrected chi connectivity index (χ2v) is 6.34. The summed E-state index contributed by atoms with van der Waals surface area (Å²) in [5.74, 6) is 2.42. The average Bonchev–Trinajstić information content (AvgIpc) is 2.92. The smallest absolute Gasteiger partial charge is 0.270 e. The Labute approximate surface area is 134 Å². The highest BCUT2D eigenvalue weighted by molar-refractivity contribution is 7.98. The minimum atomic E-state index is -0.152. The molecule has 1 amide bonds. The molecule has 7 heteroatoms. The molecule has 2 aromatic heterocycles. The topological polar surface area (TPSA) is 83.6 Å². The molecule has 22 heavy (non-hydrogen) atoms. The van der Waals surface area contributed by atoms with Crippen LogP contribution < -0.4 is 5.32 Å². The third kappa shape index (κ3) is 4.56. The van der Waals surface area contributed by atoms with Crippen LogP contribution in [0.1, 0.15) is 47.5 Å². The number of carbonyl (C=O) groups is 1. The standard InChI is InChI=1S/C15H21N5OS/c1-10(2)14-16-5-4-12(20-14)15(21)17-6-7-22-8-13-11(3)18-9-19-13/h4-5,9-10H,6-8H2,1-3H3,(H,17,21)(H,18,19). The van der Waals surface area contributed by atoms with Gasteiger partial charge in [-0.2, -0.15) is 11.8 Å². The molecule has 0 atom stereocenters. The zero-order chi connectivity index (χ0) is 15.9. The zero-order valence-electron chi connectivity index (χ0n) is 13.1. The van der Waals surface area contributed by atoms with Gasteiger partial charge >= 0.3 is 0 Å². The van der Waals surface area contributed by atoms with Crippen molar-refractivity contribution < 1.29 is 4.79 Å². The second-order valence-electron chi connectivity index (χ2n) is 5.24. The van der Waals surface area contributed by atoms with E-state index in [0.717, 1.165) is 22.9 Å². The van der Waals surface area contributed by atoms with Gasteiger partial charge in [0.2, 0.25) is 0 Å². The Morgan fingerprint density at radius 2 is 2.23 bits per heavy atom. The fourth-order valence-corrected chi connectivity index (χ4v) is 2.68. The van der Waals surface area contributed by atoms with E-state index in [0.29, 0.717) is 18.1 Å².